The third kappa shape index (κ3) is 3.40. The van der Waals surface area contributed by atoms with Crippen LogP contribution >= 0.6 is 11.3 Å². The molecule has 0 bridgehead atoms. The molecule has 1 aliphatic heterocycles. The van der Waals surface area contributed by atoms with Crippen LogP contribution in [0, 0.1) is 0 Å². The Bertz CT molecular complexity index is 1040. The highest BCUT2D eigenvalue weighted by Crippen LogP contribution is 2.36. The normalized spacial score (nSPS) is 17.8. The lowest BCUT2D eigenvalue weighted by Crippen LogP contribution is -2.41. The van der Waals surface area contributed by atoms with Gasteiger partial charge in [0.1, 0.15) is 4.83 Å². The van der Waals surface area contributed by atoms with E-state index in [1.165, 1.54) is 24.2 Å². The predicted molar refractivity (Wildman–Crippen MR) is 113 cm³/mol. The number of rotatable bonds is 5. The number of ether oxygens (including phenoxy) is 2. The smallest absolute Gasteiger partial charge is 0.262 e. The Labute approximate surface area is 168 Å². The second kappa shape index (κ2) is 7.93. The Balaban J connectivity index is 1.76. The zero-order chi connectivity index (χ0) is 19.7. The summed E-state index contributed by atoms with van der Waals surface area (Å²) in [6.45, 7) is 1.77. The summed E-state index contributed by atoms with van der Waals surface area (Å²) in [5.41, 5.74) is 1.84. The van der Waals surface area contributed by atoms with Gasteiger partial charge in [0.05, 0.1) is 25.9 Å². The number of nitrogens with zero attached hydrogens (tertiary/aromatic N) is 3. The van der Waals surface area contributed by atoms with E-state index in [0.29, 0.717) is 29.5 Å². The van der Waals surface area contributed by atoms with Gasteiger partial charge in [0.15, 0.2) is 11.5 Å². The number of thiophene rings is 1. The fourth-order valence-electron chi connectivity index (χ4n) is 3.92. The Morgan fingerprint density at radius 2 is 2.04 bits per heavy atom. The number of hydrogen-bond acceptors (Lipinski definition) is 6. The van der Waals surface area contributed by atoms with Crippen molar-refractivity contribution in [1.82, 2.24) is 14.5 Å². The van der Waals surface area contributed by atoms with Crippen LogP contribution in [0.1, 0.15) is 19.3 Å². The highest BCUT2D eigenvalue weighted by molar-refractivity contribution is 7.17. The van der Waals surface area contributed by atoms with Crippen molar-refractivity contribution >= 4 is 21.6 Å². The van der Waals surface area contributed by atoms with Gasteiger partial charge in [-0.05, 0) is 44.1 Å². The third-order valence-electron chi connectivity index (χ3n) is 5.58. The number of benzene rings is 1. The van der Waals surface area contributed by atoms with E-state index >= 15 is 0 Å². The molecule has 0 amide bonds. The van der Waals surface area contributed by atoms with Gasteiger partial charge in [-0.25, -0.2) is 4.98 Å². The van der Waals surface area contributed by atoms with E-state index in [0.717, 1.165) is 28.9 Å². The summed E-state index contributed by atoms with van der Waals surface area (Å²) in [6.07, 6.45) is 5.26. The molecular weight excluding hydrogens is 374 g/mol. The Kier molecular flexibility index (Phi) is 5.37. The monoisotopic (exact) mass is 399 g/mol. The van der Waals surface area contributed by atoms with Crippen LogP contribution < -0.4 is 15.0 Å². The first-order valence-corrected chi connectivity index (χ1v) is 10.4. The van der Waals surface area contributed by atoms with Crippen LogP contribution in [0.4, 0.5) is 0 Å². The van der Waals surface area contributed by atoms with E-state index < -0.39 is 0 Å². The standard InChI is InChI=1S/C21H25N3O3S/c1-23-9-5-4-6-15(23)11-24-13-22-20-19(21(24)25)16(12-28-20)14-7-8-17(26-2)18(10-14)27-3/h7-8,10,12-13,15H,4-6,9,11H2,1-3H3/t15-/m0/s1. The number of likely N-dealkylation sites (N-methyl/N-ethyl adjacent to an activating group) is 1. The largest absolute Gasteiger partial charge is 0.493 e. The molecule has 28 heavy (non-hydrogen) atoms. The van der Waals surface area contributed by atoms with Gasteiger partial charge >= 0.3 is 0 Å². The highest BCUT2D eigenvalue weighted by atomic mass is 32.1. The summed E-state index contributed by atoms with van der Waals surface area (Å²) in [5.74, 6) is 1.31. The summed E-state index contributed by atoms with van der Waals surface area (Å²) in [6, 6.07) is 6.11. The van der Waals surface area contributed by atoms with E-state index in [9.17, 15) is 4.79 Å². The lowest BCUT2D eigenvalue weighted by Gasteiger charge is -2.32. The topological polar surface area (TPSA) is 56.6 Å². The van der Waals surface area contributed by atoms with Crippen molar-refractivity contribution in [2.24, 2.45) is 0 Å². The average Bonchev–Trinajstić information content (AvgIpc) is 3.16. The molecule has 1 aliphatic rings. The fraction of sp³-hybridized carbons (Fsp3) is 0.429. The molecule has 1 aromatic carbocycles. The van der Waals surface area contributed by atoms with Crippen LogP contribution in [-0.4, -0.2) is 48.3 Å². The van der Waals surface area contributed by atoms with E-state index in [1.807, 2.05) is 23.6 Å². The van der Waals surface area contributed by atoms with Crippen molar-refractivity contribution in [3.8, 4) is 22.6 Å². The van der Waals surface area contributed by atoms with E-state index in [-0.39, 0.29) is 5.56 Å². The maximum absolute atomic E-state index is 13.3. The van der Waals surface area contributed by atoms with E-state index in [2.05, 4.69) is 16.9 Å². The summed E-state index contributed by atoms with van der Waals surface area (Å²) in [5, 5.41) is 2.68. The molecule has 6 nitrogen and oxygen atoms in total. The maximum Gasteiger partial charge on any atom is 0.262 e. The second-order valence-corrected chi connectivity index (χ2v) is 8.09. The molecule has 0 radical (unpaired) electrons. The molecule has 2 aromatic heterocycles. The maximum atomic E-state index is 13.3. The summed E-state index contributed by atoms with van der Waals surface area (Å²) >= 11 is 1.49. The number of aromatic nitrogens is 2. The molecule has 0 N–H and O–H groups in total. The Morgan fingerprint density at radius 3 is 2.79 bits per heavy atom. The molecule has 0 aliphatic carbocycles. The van der Waals surface area contributed by atoms with Crippen LogP contribution in [0.25, 0.3) is 21.3 Å². The summed E-state index contributed by atoms with van der Waals surface area (Å²) in [4.78, 5) is 21.0. The predicted octanol–water partition coefficient (Wildman–Crippen LogP) is 3.63. The van der Waals surface area contributed by atoms with Gasteiger partial charge in [0.2, 0.25) is 0 Å². The minimum Gasteiger partial charge on any atom is -0.493 e. The zero-order valence-electron chi connectivity index (χ0n) is 16.5. The van der Waals surface area contributed by atoms with Crippen molar-refractivity contribution in [3.63, 3.8) is 0 Å². The van der Waals surface area contributed by atoms with Gasteiger partial charge in [-0.3, -0.25) is 9.36 Å². The van der Waals surface area contributed by atoms with Crippen molar-refractivity contribution in [1.29, 1.82) is 0 Å². The van der Waals surface area contributed by atoms with Gasteiger partial charge in [-0.2, -0.15) is 0 Å². The molecule has 148 valence electrons. The number of likely N-dealkylation sites (tertiary alicyclic amines) is 1. The molecule has 0 saturated carbocycles. The van der Waals surface area contributed by atoms with E-state index in [1.54, 1.807) is 25.1 Å². The zero-order valence-corrected chi connectivity index (χ0v) is 17.3. The van der Waals surface area contributed by atoms with Crippen LogP contribution in [0.5, 0.6) is 11.5 Å². The number of hydrogen-bond donors (Lipinski definition) is 0. The van der Waals surface area contributed by atoms with E-state index in [4.69, 9.17) is 9.47 Å². The molecule has 3 aromatic rings. The number of fused-ring (bicyclic) bond motifs is 1. The molecule has 1 fully saturated rings. The highest BCUT2D eigenvalue weighted by Gasteiger charge is 2.21. The first-order chi connectivity index (χ1) is 13.6. The molecule has 1 saturated heterocycles. The first kappa shape index (κ1) is 19.0. The van der Waals surface area contributed by atoms with Crippen LogP contribution in [0.3, 0.4) is 0 Å². The Morgan fingerprint density at radius 1 is 1.21 bits per heavy atom. The molecule has 1 atom stereocenters. The lowest BCUT2D eigenvalue weighted by atomic mass is 10.0. The molecule has 0 unspecified atom stereocenters. The molecule has 0 spiro atoms. The van der Waals surface area contributed by atoms with Gasteiger partial charge in [0, 0.05) is 23.5 Å². The molecule has 3 heterocycles. The SMILES string of the molecule is COc1ccc(-c2csc3ncn(C[C@@H]4CCCCN4C)c(=O)c23)cc1OC. The first-order valence-electron chi connectivity index (χ1n) is 9.51. The van der Waals surface area contributed by atoms with Gasteiger partial charge in [-0.1, -0.05) is 12.5 Å². The van der Waals surface area contributed by atoms with Crippen molar-refractivity contribution in [3.05, 3.63) is 40.3 Å². The fourth-order valence-corrected chi connectivity index (χ4v) is 4.82. The second-order valence-electron chi connectivity index (χ2n) is 7.23. The summed E-state index contributed by atoms with van der Waals surface area (Å²) in [7, 11) is 5.37. The van der Waals surface area contributed by atoms with Gasteiger partial charge in [0.25, 0.3) is 5.56 Å². The number of piperidine rings is 1. The average molecular weight is 400 g/mol. The minimum absolute atomic E-state index is 0.0232. The van der Waals surface area contributed by atoms with Crippen LogP contribution in [0.15, 0.2) is 34.7 Å². The molecule has 7 heteroatoms. The van der Waals surface area contributed by atoms with Gasteiger partial charge < -0.3 is 14.4 Å². The van der Waals surface area contributed by atoms with Crippen molar-refractivity contribution in [2.45, 2.75) is 31.8 Å². The lowest BCUT2D eigenvalue weighted by molar-refractivity contribution is 0.166. The molecular formula is C21H25N3O3S. The third-order valence-corrected chi connectivity index (χ3v) is 6.47. The van der Waals surface area contributed by atoms with Crippen LogP contribution in [-0.2, 0) is 6.54 Å². The van der Waals surface area contributed by atoms with Crippen molar-refractivity contribution in [2.75, 3.05) is 27.8 Å². The van der Waals surface area contributed by atoms with Crippen LogP contribution in [0.2, 0.25) is 0 Å². The minimum atomic E-state index is 0.0232. The number of methoxy groups -OCH3 is 2. The Hall–Kier alpha value is -2.38. The quantitative estimate of drug-likeness (QED) is 0.656. The van der Waals surface area contributed by atoms with Gasteiger partial charge in [-0.15, -0.1) is 11.3 Å². The van der Waals surface area contributed by atoms with Crippen molar-refractivity contribution < 1.29 is 9.47 Å². The molecule has 4 rings (SSSR count). The summed E-state index contributed by atoms with van der Waals surface area (Å²) < 4.78 is 12.5.